The number of H-pyrrole nitrogens is 2. The molecule has 296 valence electrons. The number of aromatic nitrogens is 2. The molecule has 3 N–H and O–H groups in total. The van der Waals surface area contributed by atoms with Crippen LogP contribution in [0.5, 0.6) is 11.5 Å². The third kappa shape index (κ3) is 5.87. The normalized spacial score (nSPS) is 20.2. The molecule has 59 heavy (non-hydrogen) atoms. The maximum Gasteiger partial charge on any atom is 0.573 e. The number of nitrogens with zero attached hydrogens (tertiary/aromatic N) is 2. The molecule has 4 aliphatic rings. The van der Waals surface area contributed by atoms with Crippen molar-refractivity contribution in [1.29, 1.82) is 0 Å². The number of ether oxygens (including phenoxy) is 1. The number of fused-ring (bicyclic) bond motifs is 6. The van der Waals surface area contributed by atoms with Gasteiger partial charge in [-0.1, -0.05) is 72.3 Å². The molecule has 2 aliphatic carbocycles. The number of halogens is 4. The number of hydrogen-bond donors (Lipinski definition) is 3. The number of ketones is 1. The summed E-state index contributed by atoms with van der Waals surface area (Å²) < 4.78 is 42.2. The Bertz CT molecular complexity index is 2970. The van der Waals surface area contributed by atoms with Gasteiger partial charge in [0.05, 0.1) is 11.2 Å². The number of anilines is 1. The largest absolute Gasteiger partial charge is 0.573 e. The Morgan fingerprint density at radius 1 is 0.864 bits per heavy atom. The van der Waals surface area contributed by atoms with Gasteiger partial charge in [-0.2, -0.15) is 0 Å². The summed E-state index contributed by atoms with van der Waals surface area (Å²) in [7, 11) is 0. The van der Waals surface area contributed by atoms with E-state index in [2.05, 4.69) is 20.8 Å². The fourth-order valence-electron chi connectivity index (χ4n) is 9.44. The minimum atomic E-state index is -4.84. The average Bonchev–Trinajstić information content (AvgIpc) is 3.64. The molecule has 13 heteroatoms. The number of piperidine rings is 1. The molecule has 5 aromatic carbocycles. The highest BCUT2D eigenvalue weighted by Crippen LogP contribution is 2.66. The summed E-state index contributed by atoms with van der Waals surface area (Å²) in [6.45, 7) is 3.00. The van der Waals surface area contributed by atoms with E-state index in [1.807, 2.05) is 67.6 Å². The SMILES string of the molecule is Cc1ccc2[nH]c(C(=O)N3C[C@@H](CCl)c4c3cc(O)c3ccccc43)cc2c1.O=C1C=C2N(C(=O)c3cc4cccc(OC(F)(F)F)c4[nH]3)C[C@H]3C[C@@]23c2ccccc21. The van der Waals surface area contributed by atoms with Crippen LogP contribution in [0.25, 0.3) is 32.6 Å². The number of allylic oxidation sites excluding steroid dienone is 2. The van der Waals surface area contributed by atoms with Gasteiger partial charge in [-0.15, -0.1) is 24.8 Å². The van der Waals surface area contributed by atoms with E-state index >= 15 is 0 Å². The molecule has 7 aromatic rings. The zero-order chi connectivity index (χ0) is 41.0. The molecule has 1 spiro atoms. The van der Waals surface area contributed by atoms with Crippen molar-refractivity contribution in [3.05, 3.63) is 149 Å². The van der Waals surface area contributed by atoms with Crippen LogP contribution in [0.3, 0.4) is 0 Å². The summed E-state index contributed by atoms with van der Waals surface area (Å²) >= 11 is 6.27. The number of phenolic OH excluding ortho intramolecular Hbond substituents is 1. The number of amides is 2. The predicted molar refractivity (Wildman–Crippen MR) is 218 cm³/mol. The van der Waals surface area contributed by atoms with Gasteiger partial charge in [-0.05, 0) is 66.1 Å². The quantitative estimate of drug-likeness (QED) is 0.153. The number of para-hydroxylation sites is 1. The van der Waals surface area contributed by atoms with E-state index in [-0.39, 0.29) is 51.8 Å². The van der Waals surface area contributed by atoms with Crippen LogP contribution in [-0.2, 0) is 5.41 Å². The smallest absolute Gasteiger partial charge is 0.507 e. The second-order valence-corrected chi connectivity index (χ2v) is 15.9. The molecule has 0 unspecified atom stereocenters. The van der Waals surface area contributed by atoms with Gasteiger partial charge in [-0.3, -0.25) is 14.4 Å². The van der Waals surface area contributed by atoms with Crippen LogP contribution in [0.2, 0.25) is 0 Å². The maximum atomic E-state index is 13.3. The van der Waals surface area contributed by atoms with E-state index in [1.165, 1.54) is 24.3 Å². The summed E-state index contributed by atoms with van der Waals surface area (Å²) in [6, 6.07) is 30.6. The van der Waals surface area contributed by atoms with Crippen LogP contribution in [0.1, 0.15) is 60.4 Å². The fraction of sp³-hybridized carbons (Fsp3) is 0.196. The van der Waals surface area contributed by atoms with E-state index in [0.29, 0.717) is 41.3 Å². The van der Waals surface area contributed by atoms with E-state index < -0.39 is 12.1 Å². The van der Waals surface area contributed by atoms with Gasteiger partial charge >= 0.3 is 6.36 Å². The van der Waals surface area contributed by atoms with Crippen LogP contribution in [0, 0.1) is 12.8 Å². The topological polar surface area (TPSA) is 119 Å². The van der Waals surface area contributed by atoms with Crippen molar-refractivity contribution in [2.24, 2.45) is 5.92 Å². The van der Waals surface area contributed by atoms with Crippen LogP contribution < -0.4 is 9.64 Å². The summed E-state index contributed by atoms with van der Waals surface area (Å²) in [5, 5.41) is 13.7. The molecule has 0 bridgehead atoms. The standard InChI is InChI=1S/C23H19ClN2O2.C23H15F3N2O3/c1-13-6-7-18-14(8-13)9-19(25-18)23(28)26-12-15(11-24)22-17-5-3-2-4-16(17)21(27)10-20(22)26;24-23(25,26)31-18-7-3-4-12-8-16(27-20(12)18)21(30)28-11-13-10-22(13)15-6-2-1-5-14(15)17(29)9-19(22)28/h2-10,15,25,27H,11-12H2,1H3;1-9,13,27H,10-11H2/t15-;13-,22-/m11/s1. The molecule has 1 saturated heterocycles. The van der Waals surface area contributed by atoms with Crippen molar-refractivity contribution < 1.29 is 37.4 Å². The van der Waals surface area contributed by atoms with Gasteiger partial charge in [-0.25, -0.2) is 0 Å². The highest BCUT2D eigenvalue weighted by atomic mass is 35.5. The second-order valence-electron chi connectivity index (χ2n) is 15.6. The average molecular weight is 815 g/mol. The summed E-state index contributed by atoms with van der Waals surface area (Å²) in [4.78, 5) is 48.7. The predicted octanol–water partition coefficient (Wildman–Crippen LogP) is 9.88. The molecule has 1 saturated carbocycles. The highest BCUT2D eigenvalue weighted by Gasteiger charge is 2.67. The van der Waals surface area contributed by atoms with Gasteiger partial charge in [0, 0.05) is 75.4 Å². The Labute approximate surface area is 339 Å². The van der Waals surface area contributed by atoms with E-state index in [9.17, 15) is 32.7 Å². The zero-order valence-electron chi connectivity index (χ0n) is 31.4. The summed E-state index contributed by atoms with van der Waals surface area (Å²) in [6.07, 6.45) is -2.43. The molecule has 11 rings (SSSR count). The number of hydrogen-bond acceptors (Lipinski definition) is 5. The zero-order valence-corrected chi connectivity index (χ0v) is 32.1. The van der Waals surface area contributed by atoms with Crippen molar-refractivity contribution in [2.45, 2.75) is 31.0 Å². The van der Waals surface area contributed by atoms with Crippen LogP contribution in [0.4, 0.5) is 18.9 Å². The van der Waals surface area contributed by atoms with Crippen molar-refractivity contribution in [3.8, 4) is 11.5 Å². The van der Waals surface area contributed by atoms with Gasteiger partial charge in [0.15, 0.2) is 11.5 Å². The summed E-state index contributed by atoms with van der Waals surface area (Å²) in [5.41, 5.74) is 6.61. The molecule has 9 nitrogen and oxygen atoms in total. The lowest BCUT2D eigenvalue weighted by Crippen LogP contribution is -2.33. The van der Waals surface area contributed by atoms with Crippen LogP contribution in [-0.4, -0.2) is 62.9 Å². The molecule has 4 heterocycles. The third-order valence-corrected chi connectivity index (χ3v) is 12.5. The van der Waals surface area contributed by atoms with Gasteiger partial charge in [0.25, 0.3) is 11.8 Å². The Hall–Kier alpha value is -6.53. The van der Waals surface area contributed by atoms with Crippen molar-refractivity contribution >= 4 is 67.5 Å². The molecule has 2 aliphatic heterocycles. The number of carbonyl (C=O) groups is 3. The molecule has 0 radical (unpaired) electrons. The molecular formula is C46H34ClF3N4O5. The lowest BCUT2D eigenvalue weighted by atomic mass is 9.81. The first-order chi connectivity index (χ1) is 28.3. The van der Waals surface area contributed by atoms with Crippen molar-refractivity contribution in [1.82, 2.24) is 14.9 Å². The first kappa shape index (κ1) is 36.8. The Morgan fingerprint density at radius 2 is 1.59 bits per heavy atom. The Morgan fingerprint density at radius 3 is 2.39 bits per heavy atom. The van der Waals surface area contributed by atoms with E-state index in [0.717, 1.165) is 50.5 Å². The first-order valence-corrected chi connectivity index (χ1v) is 19.6. The number of benzene rings is 5. The number of rotatable bonds is 4. The minimum absolute atomic E-state index is 0.0257. The fourth-order valence-corrected chi connectivity index (χ4v) is 9.69. The third-order valence-electron chi connectivity index (χ3n) is 12.1. The number of carbonyl (C=O) groups excluding carboxylic acids is 3. The molecular weight excluding hydrogens is 781 g/mol. The van der Waals surface area contributed by atoms with Gasteiger partial charge < -0.3 is 29.6 Å². The van der Waals surface area contributed by atoms with Crippen molar-refractivity contribution in [2.75, 3.05) is 23.9 Å². The van der Waals surface area contributed by atoms with Crippen LogP contribution in [0.15, 0.2) is 115 Å². The number of aryl methyl sites for hydroxylation is 1. The molecule has 2 aromatic heterocycles. The second kappa shape index (κ2) is 13.3. The number of aromatic amines is 2. The molecule has 2 fully saturated rings. The van der Waals surface area contributed by atoms with E-state index in [4.69, 9.17) is 11.6 Å². The monoisotopic (exact) mass is 814 g/mol. The minimum Gasteiger partial charge on any atom is -0.507 e. The first-order valence-electron chi connectivity index (χ1n) is 19.1. The van der Waals surface area contributed by atoms with Crippen molar-refractivity contribution in [3.63, 3.8) is 0 Å². The Kier molecular flexibility index (Phi) is 8.26. The number of likely N-dealkylation sites (tertiary alicyclic amines) is 1. The lowest BCUT2D eigenvalue weighted by molar-refractivity contribution is -0.274. The molecule has 3 atom stereocenters. The number of aromatic hydroxyl groups is 1. The van der Waals surface area contributed by atoms with Crippen LogP contribution >= 0.6 is 11.6 Å². The highest BCUT2D eigenvalue weighted by molar-refractivity contribution is 6.19. The maximum absolute atomic E-state index is 13.3. The summed E-state index contributed by atoms with van der Waals surface area (Å²) in [5.74, 6) is -0.184. The number of phenols is 1. The van der Waals surface area contributed by atoms with Gasteiger partial charge in [0.1, 0.15) is 17.1 Å². The van der Waals surface area contributed by atoms with Gasteiger partial charge in [0.2, 0.25) is 0 Å². The van der Waals surface area contributed by atoms with E-state index in [1.54, 1.807) is 28.0 Å². The Balaban J connectivity index is 0.000000143. The molecule has 2 amide bonds. The number of nitrogens with one attached hydrogen (secondary N) is 2. The lowest BCUT2D eigenvalue weighted by Gasteiger charge is -2.29. The number of alkyl halides is 4.